The molecule has 0 amide bonds. The third kappa shape index (κ3) is 3.23. The van der Waals surface area contributed by atoms with Crippen molar-refractivity contribution in [1.82, 2.24) is 0 Å². The van der Waals surface area contributed by atoms with Crippen LogP contribution in [0.5, 0.6) is 0 Å². The molecule has 0 saturated heterocycles. The molecule has 2 rings (SSSR count). The van der Waals surface area contributed by atoms with Crippen LogP contribution in [0.4, 0.5) is 14.5 Å². The molecule has 0 aromatic heterocycles. The first kappa shape index (κ1) is 13.4. The average molecular weight is 330 g/mol. The van der Waals surface area contributed by atoms with Gasteiger partial charge in [0.25, 0.3) is 0 Å². The minimum atomic E-state index is -0.377. The molecule has 0 unspecified atom stereocenters. The number of anilines is 1. The standard InChI is InChI=1S/C13H10BrF2NS/c14-9-2-1-8(11(15)5-9)7-18-13-4-3-10(17)6-12(13)16/h1-6H,7,17H2. The predicted octanol–water partition coefficient (Wildman–Crippen LogP) is 4.60. The number of benzene rings is 2. The number of hydrogen-bond donors (Lipinski definition) is 1. The molecule has 5 heteroatoms. The Morgan fingerprint density at radius 3 is 2.50 bits per heavy atom. The Labute approximate surface area is 117 Å². The zero-order chi connectivity index (χ0) is 13.1. The molecule has 0 aliphatic heterocycles. The maximum atomic E-state index is 13.6. The van der Waals surface area contributed by atoms with Crippen LogP contribution in [0.25, 0.3) is 0 Å². The number of thioether (sulfide) groups is 1. The number of rotatable bonds is 3. The van der Waals surface area contributed by atoms with Crippen LogP contribution in [0, 0.1) is 11.6 Å². The summed E-state index contributed by atoms with van der Waals surface area (Å²) in [6, 6.07) is 9.34. The molecule has 2 aromatic rings. The van der Waals surface area contributed by atoms with E-state index < -0.39 is 0 Å². The highest BCUT2D eigenvalue weighted by molar-refractivity contribution is 9.10. The van der Waals surface area contributed by atoms with Crippen LogP contribution in [-0.2, 0) is 5.75 Å². The Morgan fingerprint density at radius 2 is 1.83 bits per heavy atom. The second-order valence-electron chi connectivity index (χ2n) is 3.71. The lowest BCUT2D eigenvalue weighted by Crippen LogP contribution is -1.90. The van der Waals surface area contributed by atoms with Gasteiger partial charge in [0.1, 0.15) is 11.6 Å². The maximum Gasteiger partial charge on any atom is 0.138 e. The van der Waals surface area contributed by atoms with Crippen LogP contribution in [0.1, 0.15) is 5.56 Å². The number of nitrogens with two attached hydrogens (primary N) is 1. The van der Waals surface area contributed by atoms with Crippen molar-refractivity contribution >= 4 is 33.4 Å². The molecule has 2 aromatic carbocycles. The van der Waals surface area contributed by atoms with Crippen LogP contribution >= 0.6 is 27.7 Å². The number of halogens is 3. The van der Waals surface area contributed by atoms with Gasteiger partial charge in [0, 0.05) is 20.8 Å². The van der Waals surface area contributed by atoms with Gasteiger partial charge < -0.3 is 5.73 Å². The maximum absolute atomic E-state index is 13.6. The molecule has 0 bridgehead atoms. The van der Waals surface area contributed by atoms with Crippen molar-refractivity contribution < 1.29 is 8.78 Å². The monoisotopic (exact) mass is 329 g/mol. The molecule has 0 atom stereocenters. The summed E-state index contributed by atoms with van der Waals surface area (Å²) in [5, 5.41) is 0. The normalized spacial score (nSPS) is 10.6. The molecule has 0 radical (unpaired) electrons. The van der Waals surface area contributed by atoms with E-state index in [0.29, 0.717) is 26.4 Å². The van der Waals surface area contributed by atoms with Gasteiger partial charge in [0.05, 0.1) is 0 Å². The van der Waals surface area contributed by atoms with Crippen molar-refractivity contribution in [2.45, 2.75) is 10.6 Å². The van der Waals surface area contributed by atoms with Crippen molar-refractivity contribution in [3.8, 4) is 0 Å². The van der Waals surface area contributed by atoms with Crippen molar-refractivity contribution in [3.05, 3.63) is 58.1 Å². The summed E-state index contributed by atoms with van der Waals surface area (Å²) in [5.41, 5.74) is 6.38. The average Bonchev–Trinajstić information content (AvgIpc) is 2.30. The molecule has 18 heavy (non-hydrogen) atoms. The van der Waals surface area contributed by atoms with Gasteiger partial charge in [-0.3, -0.25) is 0 Å². The summed E-state index contributed by atoms with van der Waals surface area (Å²) in [6.07, 6.45) is 0. The summed E-state index contributed by atoms with van der Waals surface area (Å²) >= 11 is 4.43. The number of hydrogen-bond acceptors (Lipinski definition) is 2. The Hall–Kier alpha value is -1.07. The number of nitrogen functional groups attached to an aromatic ring is 1. The fourth-order valence-electron chi connectivity index (χ4n) is 1.43. The van der Waals surface area contributed by atoms with E-state index in [4.69, 9.17) is 5.73 Å². The van der Waals surface area contributed by atoms with E-state index in [1.165, 1.54) is 23.9 Å². The van der Waals surface area contributed by atoms with E-state index in [0.717, 1.165) is 0 Å². The van der Waals surface area contributed by atoms with Gasteiger partial charge in [-0.2, -0.15) is 0 Å². The first-order chi connectivity index (χ1) is 8.56. The summed E-state index contributed by atoms with van der Waals surface area (Å²) in [7, 11) is 0. The lowest BCUT2D eigenvalue weighted by molar-refractivity contribution is 0.602. The van der Waals surface area contributed by atoms with Gasteiger partial charge in [-0.15, -0.1) is 11.8 Å². The van der Waals surface area contributed by atoms with Gasteiger partial charge >= 0.3 is 0 Å². The summed E-state index contributed by atoms with van der Waals surface area (Å²) < 4.78 is 27.8. The highest BCUT2D eigenvalue weighted by Crippen LogP contribution is 2.28. The smallest absolute Gasteiger partial charge is 0.138 e. The van der Waals surface area contributed by atoms with E-state index in [2.05, 4.69) is 15.9 Å². The second kappa shape index (κ2) is 5.71. The van der Waals surface area contributed by atoms with E-state index in [1.807, 2.05) is 0 Å². The molecule has 2 N–H and O–H groups in total. The minimum absolute atomic E-state index is 0.298. The third-order valence-electron chi connectivity index (χ3n) is 2.35. The topological polar surface area (TPSA) is 26.0 Å². The molecule has 0 heterocycles. The van der Waals surface area contributed by atoms with Crippen molar-refractivity contribution in [1.29, 1.82) is 0 Å². The molecule has 1 nitrogen and oxygen atoms in total. The lowest BCUT2D eigenvalue weighted by atomic mass is 10.2. The highest BCUT2D eigenvalue weighted by atomic mass is 79.9. The van der Waals surface area contributed by atoms with Gasteiger partial charge in [-0.05, 0) is 35.9 Å². The molecule has 94 valence electrons. The molecular weight excluding hydrogens is 320 g/mol. The molecule has 0 spiro atoms. The van der Waals surface area contributed by atoms with Crippen molar-refractivity contribution in [2.24, 2.45) is 0 Å². The van der Waals surface area contributed by atoms with Gasteiger partial charge in [-0.1, -0.05) is 22.0 Å². The summed E-state index contributed by atoms with van der Waals surface area (Å²) in [4.78, 5) is 0.464. The van der Waals surface area contributed by atoms with E-state index in [-0.39, 0.29) is 11.6 Å². The van der Waals surface area contributed by atoms with E-state index in [1.54, 1.807) is 24.3 Å². The predicted molar refractivity (Wildman–Crippen MR) is 74.5 cm³/mol. The molecule has 0 aliphatic carbocycles. The van der Waals surface area contributed by atoms with Crippen molar-refractivity contribution in [3.63, 3.8) is 0 Å². The molecule has 0 aliphatic rings. The SMILES string of the molecule is Nc1ccc(SCc2ccc(Br)cc2F)c(F)c1. The zero-order valence-corrected chi connectivity index (χ0v) is 11.7. The largest absolute Gasteiger partial charge is 0.399 e. The summed E-state index contributed by atoms with van der Waals surface area (Å²) in [5.74, 6) is -0.301. The lowest BCUT2D eigenvalue weighted by Gasteiger charge is -2.05. The third-order valence-corrected chi connectivity index (χ3v) is 3.94. The van der Waals surface area contributed by atoms with Crippen LogP contribution in [0.3, 0.4) is 0 Å². The summed E-state index contributed by atoms with van der Waals surface area (Å²) in [6.45, 7) is 0. The van der Waals surface area contributed by atoms with Gasteiger partial charge in [0.2, 0.25) is 0 Å². The van der Waals surface area contributed by atoms with E-state index in [9.17, 15) is 8.78 Å². The Kier molecular flexibility index (Phi) is 4.24. The second-order valence-corrected chi connectivity index (χ2v) is 5.65. The first-order valence-electron chi connectivity index (χ1n) is 5.18. The van der Waals surface area contributed by atoms with Crippen LogP contribution in [0.2, 0.25) is 0 Å². The minimum Gasteiger partial charge on any atom is -0.399 e. The Bertz CT molecular complexity index is 523. The van der Waals surface area contributed by atoms with Crippen LogP contribution < -0.4 is 5.73 Å². The van der Waals surface area contributed by atoms with Crippen LogP contribution in [0.15, 0.2) is 45.8 Å². The molecular formula is C13H10BrF2NS. The highest BCUT2D eigenvalue weighted by Gasteiger charge is 2.07. The van der Waals surface area contributed by atoms with E-state index >= 15 is 0 Å². The molecule has 0 fully saturated rings. The fourth-order valence-corrected chi connectivity index (χ4v) is 2.67. The Morgan fingerprint density at radius 1 is 1.06 bits per heavy atom. The van der Waals surface area contributed by atoms with Gasteiger partial charge in [0.15, 0.2) is 0 Å². The Balaban J connectivity index is 2.11. The van der Waals surface area contributed by atoms with Gasteiger partial charge in [-0.25, -0.2) is 8.78 Å². The zero-order valence-electron chi connectivity index (χ0n) is 9.29. The van der Waals surface area contributed by atoms with Crippen molar-refractivity contribution in [2.75, 3.05) is 5.73 Å². The quantitative estimate of drug-likeness (QED) is 0.657. The van der Waals surface area contributed by atoms with Crippen LogP contribution in [-0.4, -0.2) is 0 Å². The fraction of sp³-hybridized carbons (Fsp3) is 0.0769. The first-order valence-corrected chi connectivity index (χ1v) is 6.96. The molecule has 0 saturated carbocycles.